The van der Waals surface area contributed by atoms with Gasteiger partial charge in [0.15, 0.2) is 0 Å². The van der Waals surface area contributed by atoms with Crippen molar-refractivity contribution in [3.8, 4) is 0 Å². The summed E-state index contributed by atoms with van der Waals surface area (Å²) < 4.78 is 0. The number of carbonyl (C=O) groups is 1. The van der Waals surface area contributed by atoms with Gasteiger partial charge in [-0.1, -0.05) is 19.6 Å². The highest BCUT2D eigenvalue weighted by Crippen LogP contribution is 1.68. The maximum absolute atomic E-state index is 8.00. The second-order valence-electron chi connectivity index (χ2n) is 1.73. The highest BCUT2D eigenvalue weighted by atomic mass is 28.3. The molecule has 0 rings (SSSR count). The maximum atomic E-state index is 8.00. The van der Waals surface area contributed by atoms with Gasteiger partial charge in [-0.25, -0.2) is 0 Å². The zero-order valence-electron chi connectivity index (χ0n) is 4.69. The SMILES string of the molecule is C=O.C[SiH](C)C. The van der Waals surface area contributed by atoms with Gasteiger partial charge in [0.1, 0.15) is 6.79 Å². The third-order valence-corrected chi connectivity index (χ3v) is 0. The fraction of sp³-hybridized carbons (Fsp3) is 0.750. The van der Waals surface area contributed by atoms with Crippen molar-refractivity contribution in [1.29, 1.82) is 0 Å². The third kappa shape index (κ3) is 2530. The van der Waals surface area contributed by atoms with Crippen molar-refractivity contribution in [3.05, 3.63) is 0 Å². The van der Waals surface area contributed by atoms with Crippen molar-refractivity contribution in [2.75, 3.05) is 0 Å². The Morgan fingerprint density at radius 1 is 1.17 bits per heavy atom. The number of rotatable bonds is 0. The highest BCUT2D eigenvalue weighted by molar-refractivity contribution is 6.54. The number of hydrogen-bond donors (Lipinski definition) is 0. The molecule has 0 heterocycles. The van der Waals surface area contributed by atoms with Gasteiger partial charge in [-0.05, 0) is 0 Å². The lowest BCUT2D eigenvalue weighted by atomic mass is 11.8. The zero-order valence-corrected chi connectivity index (χ0v) is 5.85. The molecule has 1 nitrogen and oxygen atoms in total. The minimum atomic E-state index is -0.139. The van der Waals surface area contributed by atoms with Crippen molar-refractivity contribution in [2.24, 2.45) is 0 Å². The van der Waals surface area contributed by atoms with Crippen LogP contribution in [0.2, 0.25) is 19.6 Å². The van der Waals surface area contributed by atoms with Crippen molar-refractivity contribution < 1.29 is 4.79 Å². The average molecular weight is 104 g/mol. The quantitative estimate of drug-likeness (QED) is 0.418. The Hall–Kier alpha value is -0.113. The Morgan fingerprint density at radius 2 is 1.17 bits per heavy atom. The van der Waals surface area contributed by atoms with Crippen LogP contribution in [0.3, 0.4) is 0 Å². The first-order chi connectivity index (χ1) is 2.73. The molecule has 0 fully saturated rings. The first-order valence-corrected chi connectivity index (χ1v) is 5.48. The molecule has 0 aliphatic rings. The molecule has 0 saturated heterocycles. The van der Waals surface area contributed by atoms with E-state index in [-0.39, 0.29) is 8.80 Å². The standard InChI is InChI=1S/C3H10Si.CH2O/c1-4(2)3;1-2/h4H,1-3H3;1H2. The van der Waals surface area contributed by atoms with Gasteiger partial charge in [0, 0.05) is 8.80 Å². The van der Waals surface area contributed by atoms with E-state index in [2.05, 4.69) is 19.6 Å². The smallest absolute Gasteiger partial charge is 0.106 e. The molecule has 2 heteroatoms. The molecular weight excluding hydrogens is 92.1 g/mol. The van der Waals surface area contributed by atoms with E-state index in [1.165, 1.54) is 0 Å². The summed E-state index contributed by atoms with van der Waals surface area (Å²) in [6, 6.07) is 0. The van der Waals surface area contributed by atoms with E-state index >= 15 is 0 Å². The van der Waals surface area contributed by atoms with E-state index in [1.807, 2.05) is 6.79 Å². The maximum Gasteiger partial charge on any atom is 0.106 e. The minimum Gasteiger partial charge on any atom is -0.307 e. The molecule has 0 N–H and O–H groups in total. The predicted molar refractivity (Wildman–Crippen MR) is 31.9 cm³/mol. The molecule has 6 heavy (non-hydrogen) atoms. The second-order valence-corrected chi connectivity index (χ2v) is 5.20. The lowest BCUT2D eigenvalue weighted by Gasteiger charge is -1.75. The van der Waals surface area contributed by atoms with Gasteiger partial charge in [-0.2, -0.15) is 0 Å². The summed E-state index contributed by atoms with van der Waals surface area (Å²) in [5.74, 6) is 0. The summed E-state index contributed by atoms with van der Waals surface area (Å²) >= 11 is 0. The Labute approximate surface area is 41.0 Å². The van der Waals surface area contributed by atoms with Crippen LogP contribution in [0.15, 0.2) is 0 Å². The van der Waals surface area contributed by atoms with Gasteiger partial charge < -0.3 is 4.79 Å². The summed E-state index contributed by atoms with van der Waals surface area (Å²) in [5.41, 5.74) is 0. The molecule has 0 spiro atoms. The van der Waals surface area contributed by atoms with Gasteiger partial charge in [-0.3, -0.25) is 0 Å². The van der Waals surface area contributed by atoms with E-state index in [0.29, 0.717) is 0 Å². The summed E-state index contributed by atoms with van der Waals surface area (Å²) in [4.78, 5) is 8.00. The van der Waals surface area contributed by atoms with Gasteiger partial charge in [0.05, 0.1) is 0 Å². The third-order valence-electron chi connectivity index (χ3n) is 0. The molecule has 0 aliphatic heterocycles. The molecule has 0 unspecified atom stereocenters. The molecule has 0 bridgehead atoms. The molecule has 0 aromatic rings. The van der Waals surface area contributed by atoms with E-state index in [4.69, 9.17) is 4.79 Å². The summed E-state index contributed by atoms with van der Waals surface area (Å²) in [7, 11) is -0.139. The summed E-state index contributed by atoms with van der Waals surface area (Å²) in [5, 5.41) is 0. The molecule has 0 amide bonds. The van der Waals surface area contributed by atoms with Crippen molar-refractivity contribution in [1.82, 2.24) is 0 Å². The fourth-order valence-corrected chi connectivity index (χ4v) is 0. The van der Waals surface area contributed by atoms with E-state index in [1.54, 1.807) is 0 Å². The van der Waals surface area contributed by atoms with Crippen LogP contribution in [-0.2, 0) is 4.79 Å². The van der Waals surface area contributed by atoms with Crippen molar-refractivity contribution in [3.63, 3.8) is 0 Å². The molecule has 0 radical (unpaired) electrons. The summed E-state index contributed by atoms with van der Waals surface area (Å²) in [6.45, 7) is 8.92. The molecular formula is C4H12OSi. The minimum absolute atomic E-state index is 0.139. The van der Waals surface area contributed by atoms with Crippen LogP contribution in [0.25, 0.3) is 0 Å². The van der Waals surface area contributed by atoms with Crippen LogP contribution >= 0.6 is 0 Å². The molecule has 38 valence electrons. The molecule has 0 atom stereocenters. The van der Waals surface area contributed by atoms with Gasteiger partial charge >= 0.3 is 0 Å². The van der Waals surface area contributed by atoms with Gasteiger partial charge in [0.25, 0.3) is 0 Å². The van der Waals surface area contributed by atoms with Gasteiger partial charge in [-0.15, -0.1) is 0 Å². The lowest BCUT2D eigenvalue weighted by molar-refractivity contribution is -0.0979. The monoisotopic (exact) mass is 104 g/mol. The molecule has 0 aromatic carbocycles. The number of hydrogen-bond acceptors (Lipinski definition) is 1. The van der Waals surface area contributed by atoms with Crippen LogP contribution < -0.4 is 0 Å². The van der Waals surface area contributed by atoms with Gasteiger partial charge in [0.2, 0.25) is 0 Å². The Bertz CT molecular complexity index is 18.8. The molecule has 0 aromatic heterocycles. The first kappa shape index (κ1) is 9.31. The van der Waals surface area contributed by atoms with Crippen LogP contribution in [-0.4, -0.2) is 15.6 Å². The summed E-state index contributed by atoms with van der Waals surface area (Å²) in [6.07, 6.45) is 0. The highest BCUT2D eigenvalue weighted by Gasteiger charge is 1.71. The normalized spacial score (nSPS) is 6.67. The molecule has 0 aliphatic carbocycles. The Balaban J connectivity index is 0. The fourth-order valence-electron chi connectivity index (χ4n) is 0. The van der Waals surface area contributed by atoms with Crippen molar-refractivity contribution in [2.45, 2.75) is 19.6 Å². The largest absolute Gasteiger partial charge is 0.307 e. The zero-order chi connectivity index (χ0) is 5.58. The Kier molecular flexibility index (Phi) is 13.7. The number of carbonyl (C=O) groups excluding carboxylic acids is 1. The van der Waals surface area contributed by atoms with Crippen LogP contribution in [0.1, 0.15) is 0 Å². The van der Waals surface area contributed by atoms with Crippen LogP contribution in [0, 0.1) is 0 Å². The average Bonchev–Trinajstić information content (AvgIpc) is 1.41. The van der Waals surface area contributed by atoms with E-state index in [0.717, 1.165) is 0 Å². The predicted octanol–water partition coefficient (Wildman–Crippen LogP) is 0.918. The topological polar surface area (TPSA) is 17.1 Å². The van der Waals surface area contributed by atoms with Crippen molar-refractivity contribution >= 4 is 15.6 Å². The second kappa shape index (κ2) is 8.86. The molecule has 0 saturated carbocycles. The van der Waals surface area contributed by atoms with E-state index in [9.17, 15) is 0 Å². The lowest BCUT2D eigenvalue weighted by Crippen LogP contribution is -1.84. The Morgan fingerprint density at radius 3 is 1.17 bits per heavy atom. The first-order valence-electron chi connectivity index (χ1n) is 2.02. The van der Waals surface area contributed by atoms with E-state index < -0.39 is 0 Å². The van der Waals surface area contributed by atoms with Crippen LogP contribution in [0.5, 0.6) is 0 Å². The van der Waals surface area contributed by atoms with Crippen LogP contribution in [0.4, 0.5) is 0 Å².